The lowest BCUT2D eigenvalue weighted by molar-refractivity contribution is 0.573. The van der Waals surface area contributed by atoms with E-state index in [0.717, 1.165) is 12.4 Å². The van der Waals surface area contributed by atoms with Crippen LogP contribution in [0, 0.1) is 5.82 Å². The lowest BCUT2D eigenvalue weighted by Gasteiger charge is -1.97. The number of rotatable bonds is 1. The highest BCUT2D eigenvalue weighted by atomic mass is 35.7. The predicted octanol–water partition coefficient (Wildman–Crippen LogP) is 1.80. The van der Waals surface area contributed by atoms with Gasteiger partial charge in [0, 0.05) is 23.1 Å². The summed E-state index contributed by atoms with van der Waals surface area (Å²) in [6, 6.07) is 0. The molecule has 1 heterocycles. The van der Waals surface area contributed by atoms with E-state index in [0.29, 0.717) is 0 Å². The predicted molar refractivity (Wildman–Crippen MR) is 42.2 cm³/mol. The van der Waals surface area contributed by atoms with Crippen LogP contribution < -0.4 is 0 Å². The van der Waals surface area contributed by atoms with Gasteiger partial charge < -0.3 is 0 Å². The molecule has 0 bridgehead atoms. The monoisotopic (exact) mass is 229 g/mol. The first-order valence-corrected chi connectivity index (χ1v) is 5.35. The van der Waals surface area contributed by atoms with E-state index in [2.05, 4.69) is 4.98 Å². The molecule has 1 rings (SSSR count). The van der Waals surface area contributed by atoms with E-state index >= 15 is 0 Å². The van der Waals surface area contributed by atoms with Gasteiger partial charge in [-0.1, -0.05) is 11.6 Å². The van der Waals surface area contributed by atoms with Crippen LogP contribution in [-0.2, 0) is 9.05 Å². The van der Waals surface area contributed by atoms with Gasteiger partial charge in [0.05, 0.1) is 5.02 Å². The van der Waals surface area contributed by atoms with Crippen molar-refractivity contribution in [3.05, 3.63) is 23.2 Å². The Kier molecular flexibility index (Phi) is 2.55. The Balaban J connectivity index is 3.47. The van der Waals surface area contributed by atoms with Crippen LogP contribution in [0.2, 0.25) is 5.02 Å². The Hall–Kier alpha value is -0.390. The number of nitrogens with zero attached hydrogens (tertiary/aromatic N) is 1. The molecule has 0 aromatic carbocycles. The highest BCUT2D eigenvalue weighted by molar-refractivity contribution is 8.13. The van der Waals surface area contributed by atoms with Crippen molar-refractivity contribution in [2.24, 2.45) is 0 Å². The van der Waals surface area contributed by atoms with E-state index < -0.39 is 19.8 Å². The second-order valence-corrected chi connectivity index (χ2v) is 4.81. The zero-order valence-electron chi connectivity index (χ0n) is 5.46. The van der Waals surface area contributed by atoms with E-state index in [9.17, 15) is 12.8 Å². The molecule has 0 aliphatic carbocycles. The second kappa shape index (κ2) is 3.16. The number of pyridine rings is 1. The quantitative estimate of drug-likeness (QED) is 0.691. The molecule has 3 nitrogen and oxygen atoms in total. The van der Waals surface area contributed by atoms with Crippen molar-refractivity contribution in [3.63, 3.8) is 0 Å². The van der Waals surface area contributed by atoms with Crippen molar-refractivity contribution >= 4 is 31.3 Å². The van der Waals surface area contributed by atoms with Crippen LogP contribution >= 0.6 is 22.3 Å². The van der Waals surface area contributed by atoms with Gasteiger partial charge in [0.25, 0.3) is 9.05 Å². The summed E-state index contributed by atoms with van der Waals surface area (Å²) in [6.07, 6.45) is 1.78. The highest BCUT2D eigenvalue weighted by Crippen LogP contribution is 2.22. The summed E-state index contributed by atoms with van der Waals surface area (Å²) in [6.45, 7) is 0. The minimum Gasteiger partial charge on any atom is -0.262 e. The van der Waals surface area contributed by atoms with Crippen LogP contribution in [-0.4, -0.2) is 13.4 Å². The molecule has 66 valence electrons. The minimum absolute atomic E-state index is 0.378. The molecule has 0 aliphatic rings. The maximum atomic E-state index is 12.9. The number of aromatic nitrogens is 1. The molecule has 0 saturated heterocycles. The van der Waals surface area contributed by atoms with Crippen molar-refractivity contribution in [2.75, 3.05) is 0 Å². The Bertz CT molecular complexity index is 406. The number of hydrogen-bond donors (Lipinski definition) is 0. The first kappa shape index (κ1) is 9.70. The molecular formula is C5H2Cl2FNO2S. The van der Waals surface area contributed by atoms with Gasteiger partial charge in [-0.2, -0.15) is 0 Å². The molecule has 12 heavy (non-hydrogen) atoms. The van der Waals surface area contributed by atoms with Gasteiger partial charge in [-0.3, -0.25) is 4.98 Å². The first-order valence-electron chi connectivity index (χ1n) is 2.66. The molecule has 0 radical (unpaired) electrons. The minimum atomic E-state index is -4.11. The lowest BCUT2D eigenvalue weighted by atomic mass is 10.5. The molecule has 0 saturated carbocycles. The van der Waals surface area contributed by atoms with E-state index in [-0.39, 0.29) is 5.02 Å². The van der Waals surface area contributed by atoms with Crippen molar-refractivity contribution in [2.45, 2.75) is 4.90 Å². The van der Waals surface area contributed by atoms with Gasteiger partial charge in [-0.25, -0.2) is 12.8 Å². The zero-order valence-corrected chi connectivity index (χ0v) is 7.79. The van der Waals surface area contributed by atoms with Crippen LogP contribution in [0.1, 0.15) is 0 Å². The van der Waals surface area contributed by atoms with Crippen molar-refractivity contribution in [3.8, 4) is 0 Å². The first-order chi connectivity index (χ1) is 5.43. The average molecular weight is 230 g/mol. The standard InChI is InChI=1S/C5H2Cl2FNO2S/c6-3-1-9-2-4(5(3)8)12(7,10)11/h1-2H. The van der Waals surface area contributed by atoms with Gasteiger partial charge in [0.15, 0.2) is 5.82 Å². The van der Waals surface area contributed by atoms with Gasteiger partial charge in [0.2, 0.25) is 0 Å². The Morgan fingerprint density at radius 1 is 1.42 bits per heavy atom. The third kappa shape index (κ3) is 1.85. The van der Waals surface area contributed by atoms with Crippen LogP contribution in [0.5, 0.6) is 0 Å². The van der Waals surface area contributed by atoms with E-state index in [1.165, 1.54) is 0 Å². The Morgan fingerprint density at radius 2 is 2.00 bits per heavy atom. The average Bonchev–Trinajstić information content (AvgIpc) is 1.92. The van der Waals surface area contributed by atoms with Gasteiger partial charge in [0.1, 0.15) is 4.90 Å². The maximum absolute atomic E-state index is 12.9. The molecule has 0 atom stereocenters. The molecule has 0 N–H and O–H groups in total. The van der Waals surface area contributed by atoms with Crippen LogP contribution in [0.15, 0.2) is 17.3 Å². The molecule has 0 fully saturated rings. The van der Waals surface area contributed by atoms with E-state index in [1.807, 2.05) is 0 Å². The van der Waals surface area contributed by atoms with E-state index in [4.69, 9.17) is 22.3 Å². The van der Waals surface area contributed by atoms with Gasteiger partial charge in [-0.05, 0) is 0 Å². The zero-order chi connectivity index (χ0) is 9.35. The van der Waals surface area contributed by atoms with Crippen molar-refractivity contribution in [1.82, 2.24) is 4.98 Å². The largest absolute Gasteiger partial charge is 0.265 e. The third-order valence-electron chi connectivity index (χ3n) is 1.07. The number of halogens is 3. The SMILES string of the molecule is O=S(=O)(Cl)c1cncc(Cl)c1F. The normalized spacial score (nSPS) is 11.6. The summed E-state index contributed by atoms with van der Waals surface area (Å²) >= 11 is 5.26. The van der Waals surface area contributed by atoms with Crippen LogP contribution in [0.3, 0.4) is 0 Å². The molecule has 1 aromatic heterocycles. The number of hydrogen-bond acceptors (Lipinski definition) is 3. The molecular weight excluding hydrogens is 228 g/mol. The van der Waals surface area contributed by atoms with Crippen LogP contribution in [0.25, 0.3) is 0 Å². The summed E-state index contributed by atoms with van der Waals surface area (Å²) in [5.74, 6) is -1.08. The Labute approximate surface area is 77.6 Å². The van der Waals surface area contributed by atoms with Crippen molar-refractivity contribution in [1.29, 1.82) is 0 Å². The lowest BCUT2D eigenvalue weighted by Crippen LogP contribution is -1.96. The topological polar surface area (TPSA) is 47.0 Å². The highest BCUT2D eigenvalue weighted by Gasteiger charge is 2.18. The van der Waals surface area contributed by atoms with Gasteiger partial charge >= 0.3 is 0 Å². The summed E-state index contributed by atoms with van der Waals surface area (Å²) in [4.78, 5) is 2.66. The van der Waals surface area contributed by atoms with Crippen molar-refractivity contribution < 1.29 is 12.8 Å². The molecule has 0 unspecified atom stereocenters. The molecule has 1 aromatic rings. The third-order valence-corrected chi connectivity index (χ3v) is 2.64. The summed E-state index contributed by atoms with van der Waals surface area (Å²) < 4.78 is 34.1. The van der Waals surface area contributed by atoms with Gasteiger partial charge in [-0.15, -0.1) is 0 Å². The molecule has 0 amide bonds. The summed E-state index contributed by atoms with van der Waals surface area (Å²) in [5, 5.41) is -0.378. The molecule has 7 heteroatoms. The fraction of sp³-hybridized carbons (Fsp3) is 0. The fourth-order valence-corrected chi connectivity index (χ4v) is 1.62. The molecule has 0 spiro atoms. The Morgan fingerprint density at radius 3 is 2.42 bits per heavy atom. The fourth-order valence-electron chi connectivity index (χ4n) is 0.571. The summed E-state index contributed by atoms with van der Waals surface area (Å²) in [5.41, 5.74) is 0. The molecule has 0 aliphatic heterocycles. The summed E-state index contributed by atoms with van der Waals surface area (Å²) in [7, 11) is 0.764. The maximum Gasteiger partial charge on any atom is 0.265 e. The van der Waals surface area contributed by atoms with Crippen LogP contribution in [0.4, 0.5) is 4.39 Å². The second-order valence-electron chi connectivity index (χ2n) is 1.87. The smallest absolute Gasteiger partial charge is 0.262 e. The van der Waals surface area contributed by atoms with E-state index in [1.54, 1.807) is 0 Å².